The zero-order chi connectivity index (χ0) is 14.3. The highest BCUT2D eigenvalue weighted by Gasteiger charge is 2.06. The minimum atomic E-state index is 0.281. The Hall–Kier alpha value is -1.13. The lowest BCUT2D eigenvalue weighted by Crippen LogP contribution is -2.25. The number of hydrogen-bond donors (Lipinski definition) is 1. The van der Waals surface area contributed by atoms with Crippen molar-refractivity contribution in [2.75, 3.05) is 31.6 Å². The molecule has 0 atom stereocenters. The second-order valence-electron chi connectivity index (χ2n) is 5.10. The van der Waals surface area contributed by atoms with Crippen LogP contribution in [0, 0.1) is 6.92 Å². The normalized spacial score (nSPS) is 11.1. The van der Waals surface area contributed by atoms with Crippen LogP contribution in [-0.4, -0.2) is 37.8 Å². The molecule has 1 aromatic rings. The van der Waals surface area contributed by atoms with E-state index in [0.717, 1.165) is 37.8 Å². The number of anilines is 1. The fraction of sp³-hybridized carbons (Fsp3) is 0.667. The van der Waals surface area contributed by atoms with Crippen LogP contribution in [-0.2, 0) is 11.3 Å². The molecule has 0 saturated carbocycles. The maximum Gasteiger partial charge on any atom is 0.128 e. The van der Waals surface area contributed by atoms with E-state index in [1.165, 1.54) is 5.56 Å². The van der Waals surface area contributed by atoms with E-state index in [-0.39, 0.29) is 6.10 Å². The van der Waals surface area contributed by atoms with Crippen LogP contribution in [0.25, 0.3) is 0 Å². The predicted molar refractivity (Wildman–Crippen MR) is 80.7 cm³/mol. The number of rotatable bonds is 8. The molecule has 0 aliphatic heterocycles. The number of nitrogens with zero attached hydrogens (tertiary/aromatic N) is 2. The van der Waals surface area contributed by atoms with Gasteiger partial charge in [0, 0.05) is 25.8 Å². The smallest absolute Gasteiger partial charge is 0.128 e. The van der Waals surface area contributed by atoms with Gasteiger partial charge >= 0.3 is 0 Å². The van der Waals surface area contributed by atoms with Crippen molar-refractivity contribution in [3.05, 3.63) is 23.4 Å². The summed E-state index contributed by atoms with van der Waals surface area (Å²) in [6.07, 6.45) is 0.281. The van der Waals surface area contributed by atoms with E-state index in [1.807, 2.05) is 6.92 Å². The molecule has 0 aliphatic rings. The van der Waals surface area contributed by atoms with E-state index in [1.54, 1.807) is 0 Å². The third-order valence-electron chi connectivity index (χ3n) is 2.85. The zero-order valence-electron chi connectivity index (χ0n) is 12.9. The first kappa shape index (κ1) is 15.9. The fourth-order valence-electron chi connectivity index (χ4n) is 1.83. The lowest BCUT2D eigenvalue weighted by Gasteiger charge is -2.20. The van der Waals surface area contributed by atoms with Gasteiger partial charge in [0.25, 0.3) is 0 Å². The molecule has 0 unspecified atom stereocenters. The molecular weight excluding hydrogens is 238 g/mol. The Kier molecular flexibility index (Phi) is 6.81. The topological polar surface area (TPSA) is 37.4 Å². The Morgan fingerprint density at radius 3 is 2.74 bits per heavy atom. The van der Waals surface area contributed by atoms with Crippen LogP contribution >= 0.6 is 0 Å². The monoisotopic (exact) mass is 265 g/mol. The van der Waals surface area contributed by atoms with E-state index in [9.17, 15) is 0 Å². The lowest BCUT2D eigenvalue weighted by molar-refractivity contribution is 0.0845. The van der Waals surface area contributed by atoms with Crippen LogP contribution in [0.15, 0.2) is 12.1 Å². The van der Waals surface area contributed by atoms with Crippen LogP contribution in [0.2, 0.25) is 0 Å². The van der Waals surface area contributed by atoms with E-state index in [4.69, 9.17) is 4.74 Å². The van der Waals surface area contributed by atoms with Gasteiger partial charge in [0.2, 0.25) is 0 Å². The van der Waals surface area contributed by atoms with Crippen LogP contribution < -0.4 is 10.2 Å². The molecule has 0 radical (unpaired) electrons. The Bertz CT molecular complexity index is 380. The molecule has 4 heteroatoms. The number of hydrogen-bond acceptors (Lipinski definition) is 4. The Balaban J connectivity index is 2.62. The van der Waals surface area contributed by atoms with E-state index in [0.29, 0.717) is 0 Å². The number of nitrogens with one attached hydrogen (secondary N) is 1. The van der Waals surface area contributed by atoms with Crippen LogP contribution in [0.1, 0.15) is 32.0 Å². The highest BCUT2D eigenvalue weighted by Crippen LogP contribution is 2.13. The SMILES string of the molecule is CCNCc1cc(C)nc(N(C)CCOC(C)C)c1. The Labute approximate surface area is 117 Å². The van der Waals surface area contributed by atoms with Gasteiger partial charge in [0.05, 0.1) is 12.7 Å². The van der Waals surface area contributed by atoms with Gasteiger partial charge in [-0.25, -0.2) is 4.98 Å². The van der Waals surface area contributed by atoms with Gasteiger partial charge in [-0.2, -0.15) is 0 Å². The second-order valence-corrected chi connectivity index (χ2v) is 5.10. The molecule has 1 N–H and O–H groups in total. The highest BCUT2D eigenvalue weighted by molar-refractivity contribution is 5.41. The average molecular weight is 265 g/mol. The quantitative estimate of drug-likeness (QED) is 0.783. The minimum Gasteiger partial charge on any atom is -0.377 e. The minimum absolute atomic E-state index is 0.281. The first-order valence-corrected chi connectivity index (χ1v) is 7.04. The van der Waals surface area contributed by atoms with Crippen molar-refractivity contribution in [2.24, 2.45) is 0 Å². The molecule has 0 fully saturated rings. The summed E-state index contributed by atoms with van der Waals surface area (Å²) in [4.78, 5) is 6.73. The molecule has 0 aliphatic carbocycles. The van der Waals surface area contributed by atoms with Crippen LogP contribution in [0.5, 0.6) is 0 Å². The number of pyridine rings is 1. The number of aromatic nitrogens is 1. The van der Waals surface area contributed by atoms with Crippen molar-refractivity contribution >= 4 is 5.82 Å². The molecule has 0 aromatic carbocycles. The largest absolute Gasteiger partial charge is 0.377 e. The van der Waals surface area contributed by atoms with Crippen molar-refractivity contribution < 1.29 is 4.74 Å². The molecular formula is C15H27N3O. The molecule has 0 spiro atoms. The summed E-state index contributed by atoms with van der Waals surface area (Å²) < 4.78 is 5.58. The molecule has 1 rings (SSSR count). The predicted octanol–water partition coefficient (Wildman–Crippen LogP) is 2.36. The van der Waals surface area contributed by atoms with Gasteiger partial charge < -0.3 is 15.0 Å². The van der Waals surface area contributed by atoms with Crippen molar-refractivity contribution in [1.29, 1.82) is 0 Å². The summed E-state index contributed by atoms with van der Waals surface area (Å²) in [6, 6.07) is 4.27. The molecule has 108 valence electrons. The molecule has 4 nitrogen and oxygen atoms in total. The van der Waals surface area contributed by atoms with E-state index >= 15 is 0 Å². The first-order valence-electron chi connectivity index (χ1n) is 7.04. The van der Waals surface area contributed by atoms with Gasteiger partial charge in [0.15, 0.2) is 0 Å². The number of ether oxygens (including phenoxy) is 1. The Morgan fingerprint density at radius 1 is 1.37 bits per heavy atom. The third-order valence-corrected chi connectivity index (χ3v) is 2.85. The van der Waals surface area contributed by atoms with Gasteiger partial charge in [-0.3, -0.25) is 0 Å². The molecule has 0 saturated heterocycles. The van der Waals surface area contributed by atoms with Crippen molar-refractivity contribution in [3.63, 3.8) is 0 Å². The third kappa shape index (κ3) is 6.03. The van der Waals surface area contributed by atoms with Crippen molar-refractivity contribution in [2.45, 2.75) is 40.3 Å². The first-order chi connectivity index (χ1) is 9.02. The summed E-state index contributed by atoms with van der Waals surface area (Å²) in [5.41, 5.74) is 2.34. The average Bonchev–Trinajstić information content (AvgIpc) is 2.35. The molecule has 19 heavy (non-hydrogen) atoms. The van der Waals surface area contributed by atoms with Crippen molar-refractivity contribution in [1.82, 2.24) is 10.3 Å². The molecule has 0 amide bonds. The van der Waals surface area contributed by atoms with Crippen LogP contribution in [0.4, 0.5) is 5.82 Å². The molecule has 0 bridgehead atoms. The zero-order valence-corrected chi connectivity index (χ0v) is 12.9. The second kappa shape index (κ2) is 8.12. The summed E-state index contributed by atoms with van der Waals surface area (Å²) in [5, 5.41) is 3.35. The maximum absolute atomic E-state index is 5.58. The lowest BCUT2D eigenvalue weighted by atomic mass is 10.2. The summed E-state index contributed by atoms with van der Waals surface area (Å²) >= 11 is 0. The number of aryl methyl sites for hydroxylation is 1. The standard InChI is InChI=1S/C15H27N3O/c1-6-16-11-14-9-13(4)17-15(10-14)18(5)7-8-19-12(2)3/h9-10,12,16H,6-8,11H2,1-5H3. The summed E-state index contributed by atoms with van der Waals surface area (Å²) in [5.74, 6) is 1.01. The molecule has 1 heterocycles. The number of likely N-dealkylation sites (N-methyl/N-ethyl adjacent to an activating group) is 1. The van der Waals surface area contributed by atoms with E-state index in [2.05, 4.69) is 55.2 Å². The van der Waals surface area contributed by atoms with E-state index < -0.39 is 0 Å². The highest BCUT2D eigenvalue weighted by atomic mass is 16.5. The Morgan fingerprint density at radius 2 is 2.11 bits per heavy atom. The molecule has 1 aromatic heterocycles. The summed E-state index contributed by atoms with van der Waals surface area (Å²) in [7, 11) is 2.06. The maximum atomic E-state index is 5.58. The van der Waals surface area contributed by atoms with Gasteiger partial charge in [-0.1, -0.05) is 6.92 Å². The summed E-state index contributed by atoms with van der Waals surface area (Å²) in [6.45, 7) is 11.7. The van der Waals surface area contributed by atoms with Crippen LogP contribution in [0.3, 0.4) is 0 Å². The fourth-order valence-corrected chi connectivity index (χ4v) is 1.83. The van der Waals surface area contributed by atoms with Gasteiger partial charge in [-0.05, 0) is 45.0 Å². The van der Waals surface area contributed by atoms with Crippen molar-refractivity contribution in [3.8, 4) is 0 Å². The van der Waals surface area contributed by atoms with Gasteiger partial charge in [-0.15, -0.1) is 0 Å². The van der Waals surface area contributed by atoms with Gasteiger partial charge in [0.1, 0.15) is 5.82 Å².